The molecular formula is C41H39BrCl2N4O6S. The number of rotatable bonds is 12. The molecule has 2 aliphatic rings. The lowest BCUT2D eigenvalue weighted by Crippen LogP contribution is -2.44. The van der Waals surface area contributed by atoms with Crippen molar-refractivity contribution in [2.45, 2.75) is 68.8 Å². The SMILES string of the molecule is CS(=O)(=O)c1cncc(COc2nc(OCc3cccc(-c4cccc(-c5ccc6c(c5)C[C@@H](N)C6)c4Cl)c3Cl)c(Br)cc2CN2CCCC[C@H]2C(=O)O)c1. The summed E-state index contributed by atoms with van der Waals surface area (Å²) >= 11 is 17.8. The number of fused-ring (bicyclic) bond motifs is 1. The summed E-state index contributed by atoms with van der Waals surface area (Å²) in [6.45, 7) is 0.905. The number of hydrogen-bond acceptors (Lipinski definition) is 9. The molecule has 1 fully saturated rings. The number of nitrogens with zero attached hydrogens (tertiary/aromatic N) is 3. The van der Waals surface area contributed by atoms with Crippen LogP contribution in [0, 0.1) is 0 Å². The van der Waals surface area contributed by atoms with Crippen molar-refractivity contribution in [2.75, 3.05) is 12.8 Å². The van der Waals surface area contributed by atoms with Crippen LogP contribution in [-0.4, -0.2) is 59.2 Å². The molecule has 1 aliphatic heterocycles. The average molecular weight is 867 g/mol. The van der Waals surface area contributed by atoms with Gasteiger partial charge in [0.2, 0.25) is 11.8 Å². The predicted octanol–water partition coefficient (Wildman–Crippen LogP) is 8.31. The van der Waals surface area contributed by atoms with E-state index < -0.39 is 21.8 Å². The van der Waals surface area contributed by atoms with E-state index in [2.05, 4.69) is 39.1 Å². The van der Waals surface area contributed by atoms with Crippen LogP contribution in [0.2, 0.25) is 10.0 Å². The number of likely N-dealkylation sites (tertiary alicyclic amines) is 1. The Bertz CT molecular complexity index is 2380. The molecule has 0 unspecified atom stereocenters. The van der Waals surface area contributed by atoms with Crippen LogP contribution in [0.25, 0.3) is 22.3 Å². The summed E-state index contributed by atoms with van der Waals surface area (Å²) in [4.78, 5) is 22.9. The minimum absolute atomic E-state index is 0.0352. The number of benzene rings is 3. The molecule has 5 aromatic rings. The Morgan fingerprint density at radius 2 is 1.64 bits per heavy atom. The zero-order valence-corrected chi connectivity index (χ0v) is 33.9. The van der Waals surface area contributed by atoms with Gasteiger partial charge in [-0.25, -0.2) is 8.42 Å². The van der Waals surface area contributed by atoms with Gasteiger partial charge in [0.15, 0.2) is 9.84 Å². The van der Waals surface area contributed by atoms with Crippen LogP contribution in [0.4, 0.5) is 0 Å². The molecule has 2 atom stereocenters. The fourth-order valence-corrected chi connectivity index (χ4v) is 8.95. The summed E-state index contributed by atoms with van der Waals surface area (Å²) in [5, 5.41) is 11.0. The average Bonchev–Trinajstić information content (AvgIpc) is 3.54. The van der Waals surface area contributed by atoms with Gasteiger partial charge in [0.05, 0.1) is 19.4 Å². The lowest BCUT2D eigenvalue weighted by Gasteiger charge is -2.33. The summed E-state index contributed by atoms with van der Waals surface area (Å²) in [5.41, 5.74) is 14.1. The highest BCUT2D eigenvalue weighted by Gasteiger charge is 2.30. The minimum atomic E-state index is -3.49. The van der Waals surface area contributed by atoms with E-state index in [0.29, 0.717) is 44.2 Å². The van der Waals surface area contributed by atoms with Gasteiger partial charge in [-0.15, -0.1) is 0 Å². The van der Waals surface area contributed by atoms with Gasteiger partial charge in [0, 0.05) is 64.6 Å². The molecule has 3 aromatic carbocycles. The van der Waals surface area contributed by atoms with E-state index in [1.807, 2.05) is 47.4 Å². The fourth-order valence-electron chi connectivity index (χ4n) is 7.24. The lowest BCUT2D eigenvalue weighted by molar-refractivity contribution is -0.144. The van der Waals surface area contributed by atoms with Crippen LogP contribution >= 0.6 is 39.1 Å². The Balaban J connectivity index is 1.15. The van der Waals surface area contributed by atoms with Gasteiger partial charge in [-0.05, 0) is 77.0 Å². The summed E-state index contributed by atoms with van der Waals surface area (Å²) < 4.78 is 37.3. The third-order valence-electron chi connectivity index (χ3n) is 10.0. The lowest BCUT2D eigenvalue weighted by atomic mass is 9.96. The first-order valence-corrected chi connectivity index (χ1v) is 21.3. The number of carbonyl (C=O) groups is 1. The highest BCUT2D eigenvalue weighted by molar-refractivity contribution is 9.10. The van der Waals surface area contributed by atoms with Gasteiger partial charge < -0.3 is 20.3 Å². The zero-order valence-electron chi connectivity index (χ0n) is 30.0. The van der Waals surface area contributed by atoms with Crippen LogP contribution in [0.5, 0.6) is 11.8 Å². The quantitative estimate of drug-likeness (QED) is 0.126. The van der Waals surface area contributed by atoms with Gasteiger partial charge in [0.1, 0.15) is 19.3 Å². The topological polar surface area (TPSA) is 145 Å². The van der Waals surface area contributed by atoms with Crippen molar-refractivity contribution in [2.24, 2.45) is 5.73 Å². The number of pyridine rings is 2. The molecule has 1 aliphatic carbocycles. The standard InChI is InChI=1S/C41H39BrCl2N4O6S/c1-55(51,52)31-14-24(19-46-20-31)22-53-39-29(21-48-13-3-2-10-36(48)41(49)50)18-35(42)40(47-39)54-23-27-6-4-8-33(37(27)43)34-9-5-7-32(38(34)44)26-12-11-25-16-30(45)17-28(25)15-26/h4-9,11-12,14-15,18-20,30,36H,2-3,10,13,16-17,21-23,45H2,1H3,(H,49,50)/t30-,36-/m0/s1. The number of ether oxygens (including phenoxy) is 2. The fraction of sp³-hybridized carbons (Fsp3) is 0.293. The van der Waals surface area contributed by atoms with Gasteiger partial charge in [-0.3, -0.25) is 14.7 Å². The first kappa shape index (κ1) is 39.2. The van der Waals surface area contributed by atoms with Crippen molar-refractivity contribution in [3.63, 3.8) is 0 Å². The first-order valence-electron chi connectivity index (χ1n) is 17.9. The van der Waals surface area contributed by atoms with Crippen LogP contribution in [0.1, 0.15) is 47.1 Å². The van der Waals surface area contributed by atoms with Crippen molar-refractivity contribution in [1.82, 2.24) is 14.9 Å². The molecule has 0 radical (unpaired) electrons. The molecule has 0 amide bonds. The molecule has 3 N–H and O–H groups in total. The van der Waals surface area contributed by atoms with Crippen LogP contribution in [0.3, 0.4) is 0 Å². The second-order valence-corrected chi connectivity index (χ2v) is 17.7. The van der Waals surface area contributed by atoms with Gasteiger partial charge in [-0.1, -0.05) is 84.2 Å². The van der Waals surface area contributed by atoms with E-state index in [1.54, 1.807) is 0 Å². The molecule has 0 spiro atoms. The molecule has 0 saturated carbocycles. The van der Waals surface area contributed by atoms with Crippen LogP contribution in [0.15, 0.2) is 88.5 Å². The first-order chi connectivity index (χ1) is 26.4. The number of hydrogen-bond donors (Lipinski definition) is 2. The number of carboxylic acid groups (broad SMARTS) is 1. The number of halogens is 3. The third kappa shape index (κ3) is 8.85. The number of carboxylic acids is 1. The largest absolute Gasteiger partial charge is 0.480 e. The highest BCUT2D eigenvalue weighted by atomic mass is 79.9. The smallest absolute Gasteiger partial charge is 0.320 e. The summed E-state index contributed by atoms with van der Waals surface area (Å²) in [7, 11) is -3.49. The van der Waals surface area contributed by atoms with E-state index >= 15 is 0 Å². The second-order valence-electron chi connectivity index (χ2n) is 14.0. The van der Waals surface area contributed by atoms with Gasteiger partial charge in [0.25, 0.3) is 0 Å². The van der Waals surface area contributed by atoms with E-state index in [4.69, 9.17) is 43.4 Å². The number of sulfone groups is 1. The maximum absolute atomic E-state index is 12.2. The maximum Gasteiger partial charge on any atom is 0.320 e. The highest BCUT2D eigenvalue weighted by Crippen LogP contribution is 2.41. The van der Waals surface area contributed by atoms with E-state index in [9.17, 15) is 18.3 Å². The molecule has 1 saturated heterocycles. The molecule has 14 heteroatoms. The number of nitrogens with two attached hydrogens (primary N) is 1. The Labute approximate surface area is 338 Å². The number of piperidine rings is 1. The molecule has 7 rings (SSSR count). The van der Waals surface area contributed by atoms with Crippen molar-refractivity contribution in [1.29, 1.82) is 0 Å². The summed E-state index contributed by atoms with van der Waals surface area (Å²) in [6, 6.07) is 20.8. The van der Waals surface area contributed by atoms with Crippen LogP contribution in [-0.2, 0) is 47.2 Å². The van der Waals surface area contributed by atoms with Crippen molar-refractivity contribution in [3.8, 4) is 34.0 Å². The minimum Gasteiger partial charge on any atom is -0.480 e. The zero-order chi connectivity index (χ0) is 38.9. The normalized spacial score (nSPS) is 17.2. The third-order valence-corrected chi connectivity index (χ3v) is 12.5. The molecule has 2 aromatic heterocycles. The molecular weight excluding hydrogens is 827 g/mol. The Morgan fingerprint density at radius 1 is 0.909 bits per heavy atom. The van der Waals surface area contributed by atoms with Gasteiger partial charge >= 0.3 is 5.97 Å². The second kappa shape index (κ2) is 16.6. The molecule has 0 bridgehead atoms. The maximum atomic E-state index is 12.2. The monoisotopic (exact) mass is 864 g/mol. The van der Waals surface area contributed by atoms with Gasteiger partial charge in [-0.2, -0.15) is 4.98 Å². The number of aliphatic carboxylic acids is 1. The van der Waals surface area contributed by atoms with Crippen molar-refractivity contribution in [3.05, 3.63) is 121 Å². The summed E-state index contributed by atoms with van der Waals surface area (Å²) in [5.74, 6) is -0.430. The molecule has 3 heterocycles. The molecule has 10 nitrogen and oxygen atoms in total. The van der Waals surface area contributed by atoms with Crippen LogP contribution < -0.4 is 15.2 Å². The number of aromatic nitrogens is 2. The predicted molar refractivity (Wildman–Crippen MR) is 216 cm³/mol. The van der Waals surface area contributed by atoms with Crippen molar-refractivity contribution < 1.29 is 27.8 Å². The summed E-state index contributed by atoms with van der Waals surface area (Å²) in [6.07, 6.45) is 7.90. The van der Waals surface area contributed by atoms with Crippen molar-refractivity contribution >= 4 is 54.9 Å². The Morgan fingerprint density at radius 3 is 2.42 bits per heavy atom. The molecule has 55 heavy (non-hydrogen) atoms. The molecule has 286 valence electrons. The van der Waals surface area contributed by atoms with E-state index in [-0.39, 0.29) is 42.5 Å². The van der Waals surface area contributed by atoms with E-state index in [1.165, 1.54) is 29.6 Å². The Kier molecular flexibility index (Phi) is 11.8. The van der Waals surface area contributed by atoms with E-state index in [0.717, 1.165) is 54.2 Å². The Hall–Kier alpha value is -4.04.